The summed E-state index contributed by atoms with van der Waals surface area (Å²) >= 11 is 0. The number of hydrogen-bond donors (Lipinski definition) is 3. The molecule has 1 saturated heterocycles. The standard InChI is InChI=1S/C51H63N3O11/c1-3-23-54(49(57)36-19-21-43-44(29-36)61-33-60-43)45-31-41(53-65-46-18-10-13-27-59-46)39-28-35(16-8-11-24-55)38(17-9-12-25-56)47-40-30-37(63-50(58)52-32-34-14-6-5-7-15-34)20-22-42(40)64-51(45,48(39)47)62-26-4-2/h4-7,14-15,19-22,28-30,35,38,45-48,55-56H,2-3,8-13,16-18,23-27,31-33H2,1H3,(H,52,58). The lowest BCUT2D eigenvalue weighted by atomic mass is 9.55. The first-order valence-corrected chi connectivity index (χ1v) is 23.4. The van der Waals surface area contributed by atoms with E-state index in [0.717, 1.165) is 55.2 Å². The molecule has 0 aromatic heterocycles. The summed E-state index contributed by atoms with van der Waals surface area (Å²) in [6, 6.07) is 19.6. The van der Waals surface area contributed by atoms with E-state index in [0.29, 0.717) is 79.7 Å². The molecule has 0 spiro atoms. The van der Waals surface area contributed by atoms with Crippen LogP contribution in [0.15, 0.2) is 96.2 Å². The normalized spacial score (nSPS) is 25.6. The van der Waals surface area contributed by atoms with Crippen LogP contribution in [0.3, 0.4) is 0 Å². The van der Waals surface area contributed by atoms with Gasteiger partial charge in [-0.25, -0.2) is 4.79 Å². The maximum Gasteiger partial charge on any atom is 0.412 e. The SMILES string of the molecule is C=CCOC12Oc3ccc(OC(=O)NCc4ccccc4)cc3C3C(CCCCO)C(CCCCO)C=C(C(=NOC4CCCCO4)CC1N(CCC)C(=O)c1ccc4c(c1)OCO4)C32. The summed E-state index contributed by atoms with van der Waals surface area (Å²) in [4.78, 5) is 36.6. The Morgan fingerprint density at radius 3 is 2.54 bits per heavy atom. The highest BCUT2D eigenvalue weighted by Gasteiger charge is 2.65. The largest absolute Gasteiger partial charge is 0.459 e. The molecule has 14 heteroatoms. The van der Waals surface area contributed by atoms with Gasteiger partial charge in [0, 0.05) is 56.2 Å². The topological polar surface area (TPSA) is 167 Å². The number of aliphatic hydroxyl groups excluding tert-OH is 2. The highest BCUT2D eigenvalue weighted by molar-refractivity contribution is 6.03. The van der Waals surface area contributed by atoms with Crippen LogP contribution in [0.2, 0.25) is 0 Å². The molecule has 7 unspecified atom stereocenters. The summed E-state index contributed by atoms with van der Waals surface area (Å²) < 4.78 is 37.8. The van der Waals surface area contributed by atoms with Gasteiger partial charge in [-0.05, 0) is 104 Å². The van der Waals surface area contributed by atoms with Gasteiger partial charge in [-0.1, -0.05) is 67.4 Å². The molecule has 3 heterocycles. The zero-order chi connectivity index (χ0) is 45.2. The minimum atomic E-state index is -1.46. The summed E-state index contributed by atoms with van der Waals surface area (Å²) in [5.41, 5.74) is 3.80. The highest BCUT2D eigenvalue weighted by atomic mass is 16.8. The number of oxime groups is 1. The van der Waals surface area contributed by atoms with E-state index in [-0.39, 0.29) is 56.7 Å². The summed E-state index contributed by atoms with van der Waals surface area (Å²) in [6.07, 6.45) is 10.8. The van der Waals surface area contributed by atoms with Crippen molar-refractivity contribution in [2.75, 3.05) is 39.8 Å². The van der Waals surface area contributed by atoms with Gasteiger partial charge in [0.2, 0.25) is 18.9 Å². The number of amides is 2. The third kappa shape index (κ3) is 10.2. The van der Waals surface area contributed by atoms with E-state index in [1.807, 2.05) is 54.3 Å². The van der Waals surface area contributed by atoms with E-state index in [9.17, 15) is 15.0 Å². The van der Waals surface area contributed by atoms with Crippen LogP contribution in [0, 0.1) is 17.8 Å². The van der Waals surface area contributed by atoms with Crippen molar-refractivity contribution in [3.8, 4) is 23.0 Å². The van der Waals surface area contributed by atoms with Gasteiger partial charge in [0.05, 0.1) is 24.8 Å². The van der Waals surface area contributed by atoms with Gasteiger partial charge in [0.25, 0.3) is 5.91 Å². The van der Waals surface area contributed by atoms with Crippen LogP contribution in [-0.4, -0.2) is 90.7 Å². The van der Waals surface area contributed by atoms with Crippen LogP contribution in [0.1, 0.15) is 105 Å². The number of aliphatic hydroxyl groups is 2. The van der Waals surface area contributed by atoms with Crippen molar-refractivity contribution in [2.45, 2.75) is 108 Å². The fraction of sp³-hybridized carbons (Fsp3) is 0.510. The Labute approximate surface area is 381 Å². The number of unbranched alkanes of at least 4 members (excludes halogenated alkanes) is 2. The summed E-state index contributed by atoms with van der Waals surface area (Å²) in [7, 11) is 0. The van der Waals surface area contributed by atoms with Crippen molar-refractivity contribution < 1.29 is 53.1 Å². The number of carbonyl (C=O) groups excluding carboxylic acids is 2. The molecule has 2 fully saturated rings. The fourth-order valence-corrected chi connectivity index (χ4v) is 10.4. The van der Waals surface area contributed by atoms with Crippen LogP contribution < -0.4 is 24.3 Å². The lowest BCUT2D eigenvalue weighted by molar-refractivity contribution is -0.254. The van der Waals surface area contributed by atoms with E-state index < -0.39 is 30.1 Å². The molecule has 65 heavy (non-hydrogen) atoms. The van der Waals surface area contributed by atoms with Gasteiger partial charge >= 0.3 is 6.09 Å². The Morgan fingerprint density at radius 2 is 1.77 bits per heavy atom. The van der Waals surface area contributed by atoms with Gasteiger partial charge in [0.1, 0.15) is 17.5 Å². The molecule has 348 valence electrons. The van der Waals surface area contributed by atoms with Crippen LogP contribution >= 0.6 is 0 Å². The number of hydrogen-bond acceptors (Lipinski definition) is 12. The molecule has 1 saturated carbocycles. The lowest BCUT2D eigenvalue weighted by Crippen LogP contribution is -2.70. The van der Waals surface area contributed by atoms with Crippen molar-refractivity contribution >= 4 is 17.7 Å². The summed E-state index contributed by atoms with van der Waals surface area (Å²) in [6.45, 7) is 7.69. The number of fused-ring (bicyclic) bond motifs is 3. The van der Waals surface area contributed by atoms with Crippen LogP contribution in [0.4, 0.5) is 4.79 Å². The van der Waals surface area contributed by atoms with Crippen LogP contribution in [0.5, 0.6) is 23.0 Å². The molecule has 8 rings (SSSR count). The Bertz CT molecular complexity index is 2170. The number of ether oxygens (including phenoxy) is 6. The lowest BCUT2D eigenvalue weighted by Gasteiger charge is -2.60. The van der Waals surface area contributed by atoms with E-state index in [1.54, 1.807) is 30.3 Å². The second-order valence-corrected chi connectivity index (χ2v) is 17.5. The van der Waals surface area contributed by atoms with E-state index in [4.69, 9.17) is 38.4 Å². The number of allylic oxidation sites excluding steroid dienone is 1. The number of rotatable bonds is 20. The Hall–Kier alpha value is -5.41. The molecular formula is C51H63N3O11. The molecule has 14 nitrogen and oxygen atoms in total. The number of benzene rings is 3. The minimum absolute atomic E-state index is 0.0164. The summed E-state index contributed by atoms with van der Waals surface area (Å²) in [5, 5.41) is 27.8. The zero-order valence-electron chi connectivity index (χ0n) is 37.4. The molecular weight excluding hydrogens is 831 g/mol. The smallest absolute Gasteiger partial charge is 0.412 e. The Balaban J connectivity index is 1.28. The second kappa shape index (κ2) is 21.7. The highest BCUT2D eigenvalue weighted by Crippen LogP contribution is 2.62. The monoisotopic (exact) mass is 893 g/mol. The molecule has 3 aliphatic heterocycles. The Kier molecular flexibility index (Phi) is 15.4. The quantitative estimate of drug-likeness (QED) is 0.0566. The third-order valence-electron chi connectivity index (χ3n) is 13.3. The molecule has 7 atom stereocenters. The van der Waals surface area contributed by atoms with Gasteiger partial charge in [-0.3, -0.25) is 4.79 Å². The zero-order valence-corrected chi connectivity index (χ0v) is 37.4. The van der Waals surface area contributed by atoms with Crippen molar-refractivity contribution in [1.29, 1.82) is 0 Å². The number of nitrogens with zero attached hydrogens (tertiary/aromatic N) is 2. The third-order valence-corrected chi connectivity index (χ3v) is 13.3. The first kappa shape index (κ1) is 46.1. The van der Waals surface area contributed by atoms with Crippen molar-refractivity contribution in [2.24, 2.45) is 22.9 Å². The maximum atomic E-state index is 15.2. The van der Waals surface area contributed by atoms with Gasteiger partial charge in [-0.15, -0.1) is 6.58 Å². The van der Waals surface area contributed by atoms with E-state index in [2.05, 4.69) is 18.0 Å². The predicted octanol–water partition coefficient (Wildman–Crippen LogP) is 8.42. The molecule has 3 aromatic carbocycles. The van der Waals surface area contributed by atoms with Gasteiger partial charge < -0.3 is 53.7 Å². The fourth-order valence-electron chi connectivity index (χ4n) is 10.4. The average Bonchev–Trinajstić information content (AvgIpc) is 3.81. The second-order valence-electron chi connectivity index (χ2n) is 17.5. The van der Waals surface area contributed by atoms with E-state index in [1.165, 1.54) is 0 Å². The van der Waals surface area contributed by atoms with Gasteiger partial charge in [0.15, 0.2) is 11.5 Å². The maximum absolute atomic E-state index is 15.2. The average molecular weight is 894 g/mol. The first-order valence-electron chi connectivity index (χ1n) is 23.4. The van der Waals surface area contributed by atoms with Crippen LogP contribution in [-0.2, 0) is 20.9 Å². The molecule has 3 N–H and O–H groups in total. The first-order chi connectivity index (χ1) is 31.9. The molecule has 2 amide bonds. The summed E-state index contributed by atoms with van der Waals surface area (Å²) in [5.74, 6) is -0.542. The number of nitrogens with one attached hydrogen (secondary N) is 1. The predicted molar refractivity (Wildman–Crippen MR) is 243 cm³/mol. The van der Waals surface area contributed by atoms with Crippen molar-refractivity contribution in [3.05, 3.63) is 108 Å². The van der Waals surface area contributed by atoms with Crippen molar-refractivity contribution in [1.82, 2.24) is 10.2 Å². The molecule has 5 aliphatic rings. The molecule has 0 bridgehead atoms. The van der Waals surface area contributed by atoms with Crippen LogP contribution in [0.25, 0.3) is 0 Å². The van der Waals surface area contributed by atoms with Gasteiger partial charge in [-0.2, -0.15) is 0 Å². The minimum Gasteiger partial charge on any atom is -0.459 e. The van der Waals surface area contributed by atoms with Crippen molar-refractivity contribution in [3.63, 3.8) is 0 Å². The molecule has 3 aromatic rings. The molecule has 0 radical (unpaired) electrons. The molecule has 2 aliphatic carbocycles. The number of carbonyl (C=O) groups is 2. The Morgan fingerprint density at radius 1 is 0.969 bits per heavy atom. The van der Waals surface area contributed by atoms with E-state index >= 15 is 4.79 Å².